The zero-order valence-electron chi connectivity index (χ0n) is 15.9. The van der Waals surface area contributed by atoms with Crippen molar-refractivity contribution in [2.45, 2.75) is 0 Å². The molecule has 4 aromatic rings. The van der Waals surface area contributed by atoms with E-state index in [0.717, 1.165) is 28.1 Å². The standard InChI is InChI=1S/C23H16ClF2N3O/c1-29(23(30)28-20-10-8-16(25)12-18(20)26)21-13-27-19-9-7-15(24)11-17(19)22(21)14-5-3-2-4-6-14/h2-13H,1H3,(H,28,30). The fraction of sp³-hybridized carbons (Fsp3) is 0.0435. The van der Waals surface area contributed by atoms with Crippen LogP contribution in [0.2, 0.25) is 5.02 Å². The van der Waals surface area contributed by atoms with Crippen LogP contribution in [0.1, 0.15) is 0 Å². The molecule has 0 aliphatic carbocycles. The average Bonchev–Trinajstić information content (AvgIpc) is 2.74. The number of halogens is 3. The van der Waals surface area contributed by atoms with Gasteiger partial charge in [-0.2, -0.15) is 0 Å². The molecule has 4 nitrogen and oxygen atoms in total. The number of nitrogens with one attached hydrogen (secondary N) is 1. The van der Waals surface area contributed by atoms with Crippen molar-refractivity contribution in [2.24, 2.45) is 0 Å². The van der Waals surface area contributed by atoms with E-state index < -0.39 is 17.7 Å². The van der Waals surface area contributed by atoms with Crippen LogP contribution < -0.4 is 10.2 Å². The van der Waals surface area contributed by atoms with Gasteiger partial charge in [0.1, 0.15) is 11.6 Å². The lowest BCUT2D eigenvalue weighted by Crippen LogP contribution is -2.32. The lowest BCUT2D eigenvalue weighted by atomic mass is 9.99. The molecule has 0 saturated carbocycles. The van der Waals surface area contributed by atoms with E-state index in [0.29, 0.717) is 16.8 Å². The number of aromatic nitrogens is 1. The Labute approximate surface area is 176 Å². The largest absolute Gasteiger partial charge is 0.326 e. The number of rotatable bonds is 3. The van der Waals surface area contributed by atoms with Crippen LogP contribution in [-0.2, 0) is 0 Å². The Bertz CT molecular complexity index is 1250. The van der Waals surface area contributed by atoms with Crippen LogP contribution in [0.5, 0.6) is 0 Å². The molecule has 7 heteroatoms. The highest BCUT2D eigenvalue weighted by Crippen LogP contribution is 2.37. The molecule has 4 rings (SSSR count). The number of hydrogen-bond acceptors (Lipinski definition) is 2. The molecule has 150 valence electrons. The number of carbonyl (C=O) groups excluding carboxylic acids is 1. The van der Waals surface area contributed by atoms with Crippen molar-refractivity contribution in [3.63, 3.8) is 0 Å². The predicted octanol–water partition coefficient (Wildman–Crippen LogP) is 6.50. The van der Waals surface area contributed by atoms with Gasteiger partial charge in [-0.3, -0.25) is 9.88 Å². The molecule has 30 heavy (non-hydrogen) atoms. The van der Waals surface area contributed by atoms with Crippen LogP contribution in [0, 0.1) is 11.6 Å². The van der Waals surface area contributed by atoms with Gasteiger partial charge in [0.2, 0.25) is 0 Å². The van der Waals surface area contributed by atoms with Gasteiger partial charge in [-0.1, -0.05) is 41.9 Å². The van der Waals surface area contributed by atoms with Crippen molar-refractivity contribution < 1.29 is 13.6 Å². The normalized spacial score (nSPS) is 10.8. The number of pyridine rings is 1. The molecular weight excluding hydrogens is 408 g/mol. The number of urea groups is 1. The average molecular weight is 424 g/mol. The van der Waals surface area contributed by atoms with Crippen molar-refractivity contribution in [1.82, 2.24) is 4.98 Å². The number of fused-ring (bicyclic) bond motifs is 1. The number of nitrogens with zero attached hydrogens (tertiary/aromatic N) is 2. The molecule has 0 radical (unpaired) electrons. The molecule has 0 fully saturated rings. The molecule has 0 bridgehead atoms. The predicted molar refractivity (Wildman–Crippen MR) is 116 cm³/mol. The van der Waals surface area contributed by atoms with Gasteiger partial charge in [-0.25, -0.2) is 13.6 Å². The van der Waals surface area contributed by atoms with E-state index in [1.54, 1.807) is 25.4 Å². The van der Waals surface area contributed by atoms with E-state index >= 15 is 0 Å². The van der Waals surface area contributed by atoms with Crippen LogP contribution >= 0.6 is 11.6 Å². The van der Waals surface area contributed by atoms with Crippen molar-refractivity contribution in [2.75, 3.05) is 17.3 Å². The highest BCUT2D eigenvalue weighted by molar-refractivity contribution is 6.31. The Morgan fingerprint density at radius 3 is 2.53 bits per heavy atom. The van der Waals surface area contributed by atoms with Gasteiger partial charge in [0.15, 0.2) is 0 Å². The van der Waals surface area contributed by atoms with Gasteiger partial charge in [-0.05, 0) is 35.9 Å². The highest BCUT2D eigenvalue weighted by Gasteiger charge is 2.20. The molecule has 0 atom stereocenters. The maximum atomic E-state index is 14.0. The summed E-state index contributed by atoms with van der Waals surface area (Å²) in [5.41, 5.74) is 2.75. The van der Waals surface area contributed by atoms with E-state index in [-0.39, 0.29) is 5.69 Å². The SMILES string of the molecule is CN(C(=O)Nc1ccc(F)cc1F)c1cnc2ccc(Cl)cc2c1-c1ccccc1. The summed E-state index contributed by atoms with van der Waals surface area (Å²) in [6, 6.07) is 17.2. The van der Waals surface area contributed by atoms with Crippen molar-refractivity contribution >= 4 is 39.9 Å². The third-order valence-electron chi connectivity index (χ3n) is 4.71. The van der Waals surface area contributed by atoms with Crippen LogP contribution in [-0.4, -0.2) is 18.1 Å². The van der Waals surface area contributed by atoms with Crippen LogP contribution in [0.3, 0.4) is 0 Å². The van der Waals surface area contributed by atoms with E-state index in [9.17, 15) is 13.6 Å². The highest BCUT2D eigenvalue weighted by atomic mass is 35.5. The maximum Gasteiger partial charge on any atom is 0.326 e. The molecule has 0 unspecified atom stereocenters. The summed E-state index contributed by atoms with van der Waals surface area (Å²) in [4.78, 5) is 18.6. The first kappa shape index (κ1) is 19.8. The minimum Gasteiger partial charge on any atom is -0.305 e. The molecule has 0 saturated heterocycles. The molecule has 0 aliphatic heterocycles. The number of carbonyl (C=O) groups is 1. The van der Waals surface area contributed by atoms with Crippen molar-refractivity contribution in [1.29, 1.82) is 0 Å². The topological polar surface area (TPSA) is 45.2 Å². The summed E-state index contributed by atoms with van der Waals surface area (Å²) in [6.07, 6.45) is 1.58. The van der Waals surface area contributed by atoms with Crippen molar-refractivity contribution in [3.8, 4) is 11.1 Å². The summed E-state index contributed by atoms with van der Waals surface area (Å²) in [7, 11) is 1.55. The van der Waals surface area contributed by atoms with Crippen LogP contribution in [0.4, 0.5) is 25.0 Å². The number of hydrogen-bond donors (Lipinski definition) is 1. The third-order valence-corrected chi connectivity index (χ3v) is 4.95. The maximum absolute atomic E-state index is 14.0. The first-order valence-electron chi connectivity index (χ1n) is 9.07. The molecular formula is C23H16ClF2N3O. The number of amides is 2. The summed E-state index contributed by atoms with van der Waals surface area (Å²) in [5, 5.41) is 3.78. The fourth-order valence-electron chi connectivity index (χ4n) is 3.22. The minimum absolute atomic E-state index is 0.119. The Morgan fingerprint density at radius 2 is 1.80 bits per heavy atom. The first-order valence-corrected chi connectivity index (χ1v) is 9.45. The molecule has 2 amide bonds. The van der Waals surface area contributed by atoms with Crippen LogP contribution in [0.25, 0.3) is 22.0 Å². The molecule has 0 spiro atoms. The number of benzene rings is 3. The second kappa shape index (κ2) is 8.08. The Morgan fingerprint density at radius 1 is 1.03 bits per heavy atom. The zero-order chi connectivity index (χ0) is 21.3. The van der Waals surface area contributed by atoms with Gasteiger partial charge in [0.25, 0.3) is 0 Å². The summed E-state index contributed by atoms with van der Waals surface area (Å²) in [5.74, 6) is -1.58. The van der Waals surface area contributed by atoms with Crippen LogP contribution in [0.15, 0.2) is 72.9 Å². The second-order valence-electron chi connectivity index (χ2n) is 6.66. The summed E-state index contributed by atoms with van der Waals surface area (Å²) in [6.45, 7) is 0. The second-order valence-corrected chi connectivity index (χ2v) is 7.10. The van der Waals surface area contributed by atoms with Gasteiger partial charge >= 0.3 is 6.03 Å². The van der Waals surface area contributed by atoms with E-state index in [2.05, 4.69) is 10.3 Å². The minimum atomic E-state index is -0.858. The zero-order valence-corrected chi connectivity index (χ0v) is 16.6. The van der Waals surface area contributed by atoms with E-state index in [1.165, 1.54) is 11.0 Å². The quantitative estimate of drug-likeness (QED) is 0.408. The van der Waals surface area contributed by atoms with E-state index in [1.807, 2.05) is 36.4 Å². The Kier molecular flexibility index (Phi) is 5.33. The molecule has 1 aromatic heterocycles. The third kappa shape index (κ3) is 3.82. The van der Waals surface area contributed by atoms with Gasteiger partial charge < -0.3 is 5.32 Å². The van der Waals surface area contributed by atoms with Crippen molar-refractivity contribution in [3.05, 3.63) is 89.6 Å². The molecule has 1 heterocycles. The lowest BCUT2D eigenvalue weighted by Gasteiger charge is -2.22. The Hall–Kier alpha value is -3.51. The molecule has 0 aliphatic rings. The fourth-order valence-corrected chi connectivity index (χ4v) is 3.39. The number of anilines is 2. The monoisotopic (exact) mass is 423 g/mol. The van der Waals surface area contributed by atoms with Gasteiger partial charge in [-0.15, -0.1) is 0 Å². The summed E-state index contributed by atoms with van der Waals surface area (Å²) >= 11 is 6.22. The van der Waals surface area contributed by atoms with Gasteiger partial charge in [0, 0.05) is 29.1 Å². The molecule has 3 aromatic carbocycles. The summed E-state index contributed by atoms with van der Waals surface area (Å²) < 4.78 is 27.1. The lowest BCUT2D eigenvalue weighted by molar-refractivity contribution is 0.258. The van der Waals surface area contributed by atoms with E-state index in [4.69, 9.17) is 11.6 Å². The van der Waals surface area contributed by atoms with Gasteiger partial charge in [0.05, 0.1) is 23.1 Å². The molecule has 1 N–H and O–H groups in total. The first-order chi connectivity index (χ1) is 14.4. The Balaban J connectivity index is 1.80. The smallest absolute Gasteiger partial charge is 0.305 e.